The molecule has 0 saturated carbocycles. The number of benzene rings is 1. The summed E-state index contributed by atoms with van der Waals surface area (Å²) in [4.78, 5) is 20.8. The Morgan fingerprint density at radius 3 is 2.65 bits per heavy atom. The van der Waals surface area contributed by atoms with E-state index >= 15 is 0 Å². The summed E-state index contributed by atoms with van der Waals surface area (Å²) < 4.78 is 48.1. The lowest BCUT2D eigenvalue weighted by Crippen LogP contribution is -2.43. The molecule has 12 heteroatoms. The minimum atomic E-state index is -4.74. The third-order valence-electron chi connectivity index (χ3n) is 6.20. The van der Waals surface area contributed by atoms with Crippen molar-refractivity contribution < 1.29 is 27.5 Å². The van der Waals surface area contributed by atoms with Crippen molar-refractivity contribution in [3.8, 4) is 0 Å². The monoisotopic (exact) mass is 533 g/mol. The van der Waals surface area contributed by atoms with Crippen LogP contribution in [0, 0.1) is 0 Å². The fraction of sp³-hybridized carbons (Fsp3) is 0.455. The summed E-state index contributed by atoms with van der Waals surface area (Å²) in [7, 11) is 0. The molecule has 1 N–H and O–H groups in total. The maximum atomic E-state index is 14.2. The first-order valence-corrected chi connectivity index (χ1v) is 12.3. The number of thiophene rings is 1. The summed E-state index contributed by atoms with van der Waals surface area (Å²) in [6.45, 7) is 1.88. The highest BCUT2D eigenvalue weighted by Crippen LogP contribution is 2.50. The molecule has 5 rings (SSSR count). The molecule has 0 spiro atoms. The van der Waals surface area contributed by atoms with Crippen molar-refractivity contribution in [3.63, 3.8) is 0 Å². The number of amidine groups is 1. The molecule has 2 aromatic rings. The number of rotatable bonds is 4. The molecule has 0 aliphatic carbocycles. The number of halogens is 5. The molecule has 1 fully saturated rings. The van der Waals surface area contributed by atoms with Gasteiger partial charge in [-0.2, -0.15) is 13.2 Å². The highest BCUT2D eigenvalue weighted by atomic mass is 35.5. The molecule has 2 unspecified atom stereocenters. The molecular weight excluding hydrogens is 514 g/mol. The zero-order valence-corrected chi connectivity index (χ0v) is 20.1. The summed E-state index contributed by atoms with van der Waals surface area (Å²) in [6, 6.07) is 5.54. The van der Waals surface area contributed by atoms with Crippen LogP contribution in [0.5, 0.6) is 0 Å². The second-order valence-corrected chi connectivity index (χ2v) is 10.5. The van der Waals surface area contributed by atoms with Gasteiger partial charge in [-0.3, -0.25) is 4.79 Å². The Kier molecular flexibility index (Phi) is 6.20. The molecule has 1 aromatic heterocycles. The normalized spacial score (nSPS) is 24.2. The molecule has 2 atom stereocenters. The van der Waals surface area contributed by atoms with Gasteiger partial charge in [0, 0.05) is 40.2 Å². The SMILES string of the molecule is O=C(NCC1CCCO1)c1cc2c(s1)CN(C1=NOC(c3cc(Cl)cc(Cl)c3)(C(F)(F)F)C1)C2. The molecule has 0 radical (unpaired) electrons. The number of amides is 1. The van der Waals surface area contributed by atoms with Gasteiger partial charge in [0.05, 0.1) is 23.9 Å². The van der Waals surface area contributed by atoms with E-state index in [0.29, 0.717) is 24.5 Å². The Balaban J connectivity index is 1.27. The fourth-order valence-electron chi connectivity index (χ4n) is 4.41. The van der Waals surface area contributed by atoms with E-state index in [2.05, 4.69) is 10.5 Å². The maximum absolute atomic E-state index is 14.2. The van der Waals surface area contributed by atoms with Crippen LogP contribution >= 0.6 is 34.5 Å². The summed E-state index contributed by atoms with van der Waals surface area (Å²) >= 11 is 13.2. The third-order valence-corrected chi connectivity index (χ3v) is 7.79. The first kappa shape index (κ1) is 23.7. The highest BCUT2D eigenvalue weighted by molar-refractivity contribution is 7.14. The lowest BCUT2D eigenvalue weighted by Gasteiger charge is -2.30. The Hall–Kier alpha value is -2.01. The van der Waals surface area contributed by atoms with Crippen LogP contribution in [0.1, 0.15) is 44.9 Å². The van der Waals surface area contributed by atoms with Crippen LogP contribution in [0.15, 0.2) is 29.4 Å². The Morgan fingerprint density at radius 2 is 2.00 bits per heavy atom. The van der Waals surface area contributed by atoms with E-state index in [-0.39, 0.29) is 33.5 Å². The van der Waals surface area contributed by atoms with Crippen molar-refractivity contribution in [2.75, 3.05) is 13.2 Å². The topological polar surface area (TPSA) is 63.2 Å². The largest absolute Gasteiger partial charge is 0.435 e. The van der Waals surface area contributed by atoms with E-state index in [1.807, 2.05) is 0 Å². The molecule has 1 amide bonds. The molecule has 6 nitrogen and oxygen atoms in total. The first-order chi connectivity index (χ1) is 16.1. The fourth-order valence-corrected chi connectivity index (χ4v) is 6.04. The molecule has 3 aliphatic rings. The summed E-state index contributed by atoms with van der Waals surface area (Å²) in [6.07, 6.45) is -3.27. The second kappa shape index (κ2) is 8.89. The lowest BCUT2D eigenvalue weighted by atomic mass is 9.89. The summed E-state index contributed by atoms with van der Waals surface area (Å²) in [5, 5.41) is 6.87. The molecule has 1 saturated heterocycles. The van der Waals surface area contributed by atoms with E-state index < -0.39 is 18.2 Å². The number of nitrogens with zero attached hydrogens (tertiary/aromatic N) is 2. The number of carbonyl (C=O) groups excluding carboxylic acids is 1. The number of oxime groups is 1. The minimum Gasteiger partial charge on any atom is -0.376 e. The van der Waals surface area contributed by atoms with Gasteiger partial charge in [0.1, 0.15) is 5.84 Å². The summed E-state index contributed by atoms with van der Waals surface area (Å²) in [5.41, 5.74) is -1.97. The van der Waals surface area contributed by atoms with Gasteiger partial charge in [-0.15, -0.1) is 11.3 Å². The van der Waals surface area contributed by atoms with Gasteiger partial charge in [-0.25, -0.2) is 0 Å². The van der Waals surface area contributed by atoms with Gasteiger partial charge in [-0.1, -0.05) is 28.4 Å². The van der Waals surface area contributed by atoms with Crippen LogP contribution in [0.2, 0.25) is 10.0 Å². The van der Waals surface area contributed by atoms with Crippen molar-refractivity contribution in [1.29, 1.82) is 0 Å². The first-order valence-electron chi connectivity index (χ1n) is 10.7. The summed E-state index contributed by atoms with van der Waals surface area (Å²) in [5.74, 6) is 0.0121. The number of ether oxygens (including phenoxy) is 1. The second-order valence-electron chi connectivity index (χ2n) is 8.52. The van der Waals surface area contributed by atoms with Gasteiger partial charge in [0.15, 0.2) is 0 Å². The molecule has 34 heavy (non-hydrogen) atoms. The zero-order valence-electron chi connectivity index (χ0n) is 17.8. The van der Waals surface area contributed by atoms with Crippen molar-refractivity contribution in [2.24, 2.45) is 5.16 Å². The molecule has 3 aliphatic heterocycles. The van der Waals surface area contributed by atoms with Crippen molar-refractivity contribution >= 4 is 46.3 Å². The number of hydrogen-bond acceptors (Lipinski definition) is 6. The number of alkyl halides is 3. The number of nitrogens with one attached hydrogen (secondary N) is 1. The maximum Gasteiger partial charge on any atom is 0.435 e. The van der Waals surface area contributed by atoms with Gasteiger partial charge in [0.2, 0.25) is 0 Å². The average Bonchev–Trinajstić information content (AvgIpc) is 3.53. The van der Waals surface area contributed by atoms with Gasteiger partial charge in [-0.05, 0) is 42.7 Å². The third kappa shape index (κ3) is 4.36. The van der Waals surface area contributed by atoms with Crippen LogP contribution in [-0.4, -0.2) is 42.1 Å². The van der Waals surface area contributed by atoms with Crippen LogP contribution < -0.4 is 5.32 Å². The van der Waals surface area contributed by atoms with Crippen LogP contribution in [0.4, 0.5) is 13.2 Å². The van der Waals surface area contributed by atoms with Gasteiger partial charge >= 0.3 is 6.18 Å². The molecule has 1 aromatic carbocycles. The van der Waals surface area contributed by atoms with E-state index in [9.17, 15) is 18.0 Å². The Labute approximate surface area is 207 Å². The quantitative estimate of drug-likeness (QED) is 0.565. The van der Waals surface area contributed by atoms with Gasteiger partial charge in [0.25, 0.3) is 11.5 Å². The van der Waals surface area contributed by atoms with Crippen molar-refractivity contribution in [3.05, 3.63) is 55.2 Å². The number of carbonyl (C=O) groups is 1. The predicted molar refractivity (Wildman–Crippen MR) is 122 cm³/mol. The van der Waals surface area contributed by atoms with Gasteiger partial charge < -0.3 is 19.8 Å². The number of fused-ring (bicyclic) bond motifs is 1. The Bertz CT molecular complexity index is 1110. The van der Waals surface area contributed by atoms with E-state index in [1.165, 1.54) is 29.5 Å². The van der Waals surface area contributed by atoms with E-state index in [0.717, 1.165) is 29.9 Å². The van der Waals surface area contributed by atoms with Crippen molar-refractivity contribution in [2.45, 2.75) is 50.2 Å². The minimum absolute atomic E-state index is 0.0508. The van der Waals surface area contributed by atoms with Crippen molar-refractivity contribution in [1.82, 2.24) is 10.2 Å². The molecular formula is C22H20Cl2F3N3O3S. The standard InChI is InChI=1S/C22H20Cl2F3N3O3S/c23-14-5-13(6-15(24)7-14)21(22(25,26)27)8-19(29-33-21)30-10-12-4-17(34-18(12)11-30)20(31)28-9-16-2-1-3-32-16/h4-7,16H,1-3,8-11H2,(H,28,31). The van der Waals surface area contributed by atoms with E-state index in [4.69, 9.17) is 32.8 Å². The van der Waals surface area contributed by atoms with Crippen LogP contribution in [0.3, 0.4) is 0 Å². The molecule has 0 bridgehead atoms. The zero-order chi connectivity index (χ0) is 24.1. The number of hydrogen-bond donors (Lipinski definition) is 1. The lowest BCUT2D eigenvalue weighted by molar-refractivity contribution is -0.275. The molecule has 4 heterocycles. The Morgan fingerprint density at radius 1 is 1.24 bits per heavy atom. The molecule has 182 valence electrons. The van der Waals surface area contributed by atoms with E-state index in [1.54, 1.807) is 11.0 Å². The highest BCUT2D eigenvalue weighted by Gasteiger charge is 2.63. The van der Waals surface area contributed by atoms with Crippen LogP contribution in [0.25, 0.3) is 0 Å². The van der Waals surface area contributed by atoms with Crippen LogP contribution in [-0.2, 0) is 28.3 Å². The average molecular weight is 534 g/mol. The smallest absolute Gasteiger partial charge is 0.376 e. The predicted octanol–water partition coefficient (Wildman–Crippen LogP) is 5.47.